The van der Waals surface area contributed by atoms with Crippen LogP contribution in [0.4, 0.5) is 5.69 Å². The van der Waals surface area contributed by atoms with Gasteiger partial charge in [-0.3, -0.25) is 15.1 Å². The number of nitrogens with zero attached hydrogens (tertiary/aromatic N) is 2. The van der Waals surface area contributed by atoms with E-state index in [-0.39, 0.29) is 5.69 Å². The average Bonchev–Trinajstić information content (AvgIpc) is 2.63. The monoisotopic (exact) mass is 342 g/mol. The predicted octanol–water partition coefficient (Wildman–Crippen LogP) is 2.86. The van der Waals surface area contributed by atoms with E-state index in [0.717, 1.165) is 16.9 Å². The summed E-state index contributed by atoms with van der Waals surface area (Å²) >= 11 is 0. The van der Waals surface area contributed by atoms with Gasteiger partial charge in [-0.2, -0.15) is 0 Å². The van der Waals surface area contributed by atoms with Crippen molar-refractivity contribution in [3.8, 4) is 5.75 Å². The standard InChI is InChI=1S/C18H22N4O3/c1-3-25-17-10-5-4-8-15(17)13-21-18(19-2)20-12-14-7-6-9-16(11-14)22(23)24/h4-11H,3,12-13H2,1-2H3,(H2,19,20,21). The highest BCUT2D eigenvalue weighted by Gasteiger charge is 2.07. The van der Waals surface area contributed by atoms with Gasteiger partial charge < -0.3 is 15.4 Å². The first-order chi connectivity index (χ1) is 12.1. The van der Waals surface area contributed by atoms with E-state index in [1.165, 1.54) is 6.07 Å². The zero-order chi connectivity index (χ0) is 18.1. The number of nitrogens with one attached hydrogen (secondary N) is 2. The lowest BCUT2D eigenvalue weighted by Gasteiger charge is -2.14. The second-order valence-corrected chi connectivity index (χ2v) is 5.25. The Hall–Kier alpha value is -3.09. The minimum absolute atomic E-state index is 0.0767. The van der Waals surface area contributed by atoms with Crippen LogP contribution in [-0.2, 0) is 13.1 Å². The summed E-state index contributed by atoms with van der Waals surface area (Å²) in [5.41, 5.74) is 1.92. The molecule has 2 aromatic carbocycles. The third-order valence-corrected chi connectivity index (χ3v) is 3.52. The van der Waals surface area contributed by atoms with Crippen LogP contribution in [0.5, 0.6) is 5.75 Å². The predicted molar refractivity (Wildman–Crippen MR) is 97.7 cm³/mol. The van der Waals surface area contributed by atoms with Gasteiger partial charge in [0.25, 0.3) is 5.69 Å². The van der Waals surface area contributed by atoms with E-state index in [9.17, 15) is 10.1 Å². The van der Waals surface area contributed by atoms with Crippen molar-refractivity contribution in [1.82, 2.24) is 10.6 Å². The number of non-ortho nitro benzene ring substituents is 1. The van der Waals surface area contributed by atoms with Crippen molar-refractivity contribution in [2.24, 2.45) is 4.99 Å². The summed E-state index contributed by atoms with van der Waals surface area (Å²) in [4.78, 5) is 14.6. The number of para-hydroxylation sites is 1. The maximum atomic E-state index is 10.8. The largest absolute Gasteiger partial charge is 0.494 e. The number of nitro benzene ring substituents is 1. The van der Waals surface area contributed by atoms with Crippen molar-refractivity contribution in [2.75, 3.05) is 13.7 Å². The van der Waals surface area contributed by atoms with Crippen LogP contribution in [0.15, 0.2) is 53.5 Å². The third kappa shape index (κ3) is 5.49. The molecule has 132 valence electrons. The number of hydrogen-bond acceptors (Lipinski definition) is 4. The molecule has 0 aliphatic rings. The summed E-state index contributed by atoms with van der Waals surface area (Å²) in [6.07, 6.45) is 0. The van der Waals surface area contributed by atoms with Gasteiger partial charge in [-0.25, -0.2) is 0 Å². The molecule has 7 nitrogen and oxygen atoms in total. The molecule has 25 heavy (non-hydrogen) atoms. The maximum absolute atomic E-state index is 10.8. The van der Waals surface area contributed by atoms with Crippen molar-refractivity contribution >= 4 is 11.6 Å². The molecule has 0 radical (unpaired) electrons. The molecule has 0 spiro atoms. The number of nitro groups is 1. The molecule has 0 saturated heterocycles. The lowest BCUT2D eigenvalue weighted by atomic mass is 10.2. The number of aliphatic imine (C=N–C) groups is 1. The summed E-state index contributed by atoms with van der Waals surface area (Å²) in [6, 6.07) is 14.3. The summed E-state index contributed by atoms with van der Waals surface area (Å²) in [5.74, 6) is 1.45. The van der Waals surface area contributed by atoms with Crippen molar-refractivity contribution in [3.05, 3.63) is 69.8 Å². The first-order valence-corrected chi connectivity index (χ1v) is 8.02. The Balaban J connectivity index is 1.93. The van der Waals surface area contributed by atoms with Crippen LogP contribution in [0.3, 0.4) is 0 Å². The third-order valence-electron chi connectivity index (χ3n) is 3.52. The normalized spacial score (nSPS) is 11.0. The Kier molecular flexibility index (Phi) is 6.76. The van der Waals surface area contributed by atoms with E-state index < -0.39 is 4.92 Å². The van der Waals surface area contributed by atoms with E-state index in [1.54, 1.807) is 19.2 Å². The minimum atomic E-state index is -0.402. The lowest BCUT2D eigenvalue weighted by Crippen LogP contribution is -2.36. The molecule has 0 fully saturated rings. The molecule has 0 amide bonds. The number of benzene rings is 2. The summed E-state index contributed by atoms with van der Waals surface area (Å²) < 4.78 is 5.60. The smallest absolute Gasteiger partial charge is 0.269 e. The molecule has 2 rings (SSSR count). The van der Waals surface area contributed by atoms with Crippen LogP contribution in [0.1, 0.15) is 18.1 Å². The number of guanidine groups is 1. The highest BCUT2D eigenvalue weighted by Crippen LogP contribution is 2.17. The topological polar surface area (TPSA) is 88.8 Å². The second-order valence-electron chi connectivity index (χ2n) is 5.25. The zero-order valence-electron chi connectivity index (χ0n) is 14.4. The molecule has 0 atom stereocenters. The Bertz CT molecular complexity index is 747. The van der Waals surface area contributed by atoms with Gasteiger partial charge in [-0.15, -0.1) is 0 Å². The van der Waals surface area contributed by atoms with Crippen molar-refractivity contribution in [2.45, 2.75) is 20.0 Å². The Morgan fingerprint density at radius 1 is 1.16 bits per heavy atom. The molecule has 0 aliphatic heterocycles. The molecule has 0 unspecified atom stereocenters. The minimum Gasteiger partial charge on any atom is -0.494 e. The van der Waals surface area contributed by atoms with Crippen LogP contribution in [-0.4, -0.2) is 24.5 Å². The molecule has 2 aromatic rings. The van der Waals surface area contributed by atoms with Crippen LogP contribution in [0, 0.1) is 10.1 Å². The summed E-state index contributed by atoms with van der Waals surface area (Å²) in [7, 11) is 1.68. The van der Waals surface area contributed by atoms with Gasteiger partial charge >= 0.3 is 0 Å². The van der Waals surface area contributed by atoms with Crippen LogP contribution in [0.25, 0.3) is 0 Å². The average molecular weight is 342 g/mol. The number of hydrogen-bond donors (Lipinski definition) is 2. The fourth-order valence-corrected chi connectivity index (χ4v) is 2.31. The van der Waals surface area contributed by atoms with Crippen molar-refractivity contribution in [1.29, 1.82) is 0 Å². The van der Waals surface area contributed by atoms with Gasteiger partial charge in [0.1, 0.15) is 5.75 Å². The Morgan fingerprint density at radius 2 is 1.92 bits per heavy atom. The Morgan fingerprint density at radius 3 is 2.64 bits per heavy atom. The lowest BCUT2D eigenvalue weighted by molar-refractivity contribution is -0.384. The summed E-state index contributed by atoms with van der Waals surface area (Å²) in [5, 5.41) is 17.2. The molecule has 0 heterocycles. The zero-order valence-corrected chi connectivity index (χ0v) is 14.4. The van der Waals surface area contributed by atoms with E-state index in [4.69, 9.17) is 4.74 Å². The fourth-order valence-electron chi connectivity index (χ4n) is 2.31. The van der Waals surface area contributed by atoms with Crippen LogP contribution < -0.4 is 15.4 Å². The molecule has 2 N–H and O–H groups in total. The second kappa shape index (κ2) is 9.27. The van der Waals surface area contributed by atoms with Crippen molar-refractivity contribution < 1.29 is 9.66 Å². The van der Waals surface area contributed by atoms with Crippen molar-refractivity contribution in [3.63, 3.8) is 0 Å². The van der Waals surface area contributed by atoms with E-state index in [1.807, 2.05) is 37.3 Å². The number of rotatable bonds is 7. The molecular weight excluding hydrogens is 320 g/mol. The molecule has 7 heteroatoms. The number of ether oxygens (including phenoxy) is 1. The summed E-state index contributed by atoms with van der Waals surface area (Å²) in [6.45, 7) is 3.56. The van der Waals surface area contributed by atoms with Gasteiger partial charge in [0.05, 0.1) is 11.5 Å². The molecular formula is C18H22N4O3. The van der Waals surface area contributed by atoms with Crippen LogP contribution >= 0.6 is 0 Å². The van der Waals surface area contributed by atoms with Gasteiger partial charge in [0.15, 0.2) is 5.96 Å². The van der Waals surface area contributed by atoms with E-state index >= 15 is 0 Å². The molecule has 0 aliphatic carbocycles. The van der Waals surface area contributed by atoms with Gasteiger partial charge in [-0.1, -0.05) is 30.3 Å². The fraction of sp³-hybridized carbons (Fsp3) is 0.278. The van der Waals surface area contributed by atoms with E-state index in [0.29, 0.717) is 25.7 Å². The molecule has 0 aromatic heterocycles. The van der Waals surface area contributed by atoms with Gasteiger partial charge in [-0.05, 0) is 18.6 Å². The molecule has 0 bridgehead atoms. The quantitative estimate of drug-likeness (QED) is 0.349. The SMILES string of the molecule is CCOc1ccccc1CNC(=NC)NCc1cccc([N+](=O)[O-])c1. The highest BCUT2D eigenvalue weighted by molar-refractivity contribution is 5.79. The first-order valence-electron chi connectivity index (χ1n) is 8.02. The van der Waals surface area contributed by atoms with E-state index in [2.05, 4.69) is 15.6 Å². The first kappa shape index (κ1) is 18.3. The van der Waals surface area contributed by atoms with Crippen LogP contribution in [0.2, 0.25) is 0 Å². The van der Waals surface area contributed by atoms with Gasteiger partial charge in [0.2, 0.25) is 0 Å². The Labute approximate surface area is 146 Å². The van der Waals surface area contributed by atoms with Gasteiger partial charge in [0, 0.05) is 37.8 Å². The highest BCUT2D eigenvalue weighted by atomic mass is 16.6. The molecule has 0 saturated carbocycles. The maximum Gasteiger partial charge on any atom is 0.269 e.